The van der Waals surface area contributed by atoms with E-state index in [0.29, 0.717) is 5.82 Å². The number of aryl methyl sites for hydroxylation is 1. The Morgan fingerprint density at radius 2 is 2.27 bits per heavy atom. The molecule has 58 valence electrons. The fourth-order valence-corrected chi connectivity index (χ4v) is 0.967. The molecular weight excluding hydrogens is 138 g/mol. The van der Waals surface area contributed by atoms with Crippen molar-refractivity contribution in [3.8, 4) is 0 Å². The zero-order chi connectivity index (χ0) is 8.43. The van der Waals surface area contributed by atoms with Crippen molar-refractivity contribution in [2.75, 3.05) is 0 Å². The zero-order valence-corrected chi connectivity index (χ0v) is 7.00. The molecule has 0 aromatic carbocycles. The lowest BCUT2D eigenvalue weighted by Crippen LogP contribution is -2.01. The first-order chi connectivity index (χ1) is 5.15. The van der Waals surface area contributed by atoms with Gasteiger partial charge in [-0.15, -0.1) is 5.10 Å². The van der Waals surface area contributed by atoms with Crippen molar-refractivity contribution in [2.24, 2.45) is 0 Å². The summed E-state index contributed by atoms with van der Waals surface area (Å²) in [5.41, 5.74) is 0.907. The van der Waals surface area contributed by atoms with E-state index in [4.69, 9.17) is 6.57 Å². The van der Waals surface area contributed by atoms with Gasteiger partial charge in [0.1, 0.15) is 6.04 Å². The minimum atomic E-state index is 0.271. The molecule has 0 spiro atoms. The van der Waals surface area contributed by atoms with Crippen LogP contribution < -0.4 is 0 Å². The molecule has 0 aliphatic carbocycles. The molecule has 0 saturated carbocycles. The van der Waals surface area contributed by atoms with Gasteiger partial charge >= 0.3 is 0 Å². The van der Waals surface area contributed by atoms with E-state index in [1.165, 1.54) is 0 Å². The van der Waals surface area contributed by atoms with Crippen molar-refractivity contribution < 1.29 is 0 Å². The van der Waals surface area contributed by atoms with Gasteiger partial charge in [0, 0.05) is 0 Å². The molecule has 3 heteroatoms. The first-order valence-corrected chi connectivity index (χ1v) is 3.58. The van der Waals surface area contributed by atoms with Crippen LogP contribution >= 0.6 is 0 Å². The van der Waals surface area contributed by atoms with Gasteiger partial charge in [-0.3, -0.25) is 0 Å². The second-order valence-corrected chi connectivity index (χ2v) is 2.79. The van der Waals surface area contributed by atoms with Gasteiger partial charge in [0.15, 0.2) is 0 Å². The molecule has 0 amide bonds. The molecule has 0 aliphatic heterocycles. The summed E-state index contributed by atoms with van der Waals surface area (Å²) in [6, 6.07) is 2.07. The van der Waals surface area contributed by atoms with Crippen LogP contribution in [-0.4, -0.2) is 9.78 Å². The van der Waals surface area contributed by atoms with Crippen LogP contribution in [0.2, 0.25) is 0 Å². The van der Waals surface area contributed by atoms with Crippen LogP contribution in [0, 0.1) is 13.5 Å². The van der Waals surface area contributed by atoms with Crippen LogP contribution in [0.3, 0.4) is 0 Å². The Bertz CT molecular complexity index is 291. The largest absolute Gasteiger partial charge is 0.362 e. The molecule has 0 saturated heterocycles. The normalized spacial score (nSPS) is 10.1. The molecule has 11 heavy (non-hydrogen) atoms. The van der Waals surface area contributed by atoms with Crippen molar-refractivity contribution in [3.05, 3.63) is 23.2 Å². The Morgan fingerprint density at radius 3 is 2.64 bits per heavy atom. The Kier molecular flexibility index (Phi) is 1.95. The highest BCUT2D eigenvalue weighted by atomic mass is 15.3. The number of rotatable bonds is 1. The lowest BCUT2D eigenvalue weighted by atomic mass is 10.4. The minimum Gasteiger partial charge on any atom is -0.362 e. The highest BCUT2D eigenvalue weighted by molar-refractivity contribution is 5.37. The van der Waals surface area contributed by atoms with E-state index in [-0.39, 0.29) is 6.04 Å². The molecule has 1 aromatic heterocycles. The van der Waals surface area contributed by atoms with Crippen LogP contribution in [0.25, 0.3) is 4.85 Å². The van der Waals surface area contributed by atoms with Crippen molar-refractivity contribution in [3.63, 3.8) is 0 Å². The van der Waals surface area contributed by atoms with Crippen molar-refractivity contribution in [1.29, 1.82) is 0 Å². The van der Waals surface area contributed by atoms with Gasteiger partial charge in [-0.1, -0.05) is 6.57 Å². The first-order valence-electron chi connectivity index (χ1n) is 3.58. The third-order valence-corrected chi connectivity index (χ3v) is 1.44. The molecule has 3 nitrogen and oxygen atoms in total. The molecule has 0 fully saturated rings. The van der Waals surface area contributed by atoms with Gasteiger partial charge in [-0.2, -0.15) is 4.68 Å². The monoisotopic (exact) mass is 149 g/mol. The lowest BCUT2D eigenvalue weighted by molar-refractivity contribution is 0.539. The van der Waals surface area contributed by atoms with Gasteiger partial charge < -0.3 is 4.85 Å². The number of hydrogen-bond donors (Lipinski definition) is 0. The molecule has 0 N–H and O–H groups in total. The Balaban J connectivity index is 3.15. The predicted molar refractivity (Wildman–Crippen MR) is 43.6 cm³/mol. The van der Waals surface area contributed by atoms with Gasteiger partial charge in [-0.25, -0.2) is 0 Å². The maximum Gasteiger partial charge on any atom is 0.252 e. The summed E-state index contributed by atoms with van der Waals surface area (Å²) in [5.74, 6) is 0.623. The second kappa shape index (κ2) is 2.75. The average Bonchev–Trinajstić information content (AvgIpc) is 2.30. The van der Waals surface area contributed by atoms with Crippen molar-refractivity contribution >= 4 is 5.82 Å². The highest BCUT2D eigenvalue weighted by Crippen LogP contribution is 2.18. The number of nitrogens with zero attached hydrogens (tertiary/aromatic N) is 3. The Hall–Kier alpha value is -1.30. The fourth-order valence-electron chi connectivity index (χ4n) is 0.967. The van der Waals surface area contributed by atoms with E-state index in [9.17, 15) is 0 Å². The Labute approximate surface area is 66.5 Å². The topological polar surface area (TPSA) is 22.2 Å². The van der Waals surface area contributed by atoms with E-state index in [1.54, 1.807) is 10.7 Å². The summed E-state index contributed by atoms with van der Waals surface area (Å²) >= 11 is 0. The van der Waals surface area contributed by atoms with Crippen LogP contribution in [0.1, 0.15) is 25.6 Å². The fraction of sp³-hybridized carbons (Fsp3) is 0.500. The summed E-state index contributed by atoms with van der Waals surface area (Å²) in [7, 11) is 0. The minimum absolute atomic E-state index is 0.271. The molecule has 0 radical (unpaired) electrons. The lowest BCUT2D eigenvalue weighted by Gasteiger charge is -2.01. The summed E-state index contributed by atoms with van der Waals surface area (Å²) in [5, 5.41) is 4.18. The average molecular weight is 149 g/mol. The van der Waals surface area contributed by atoms with Crippen LogP contribution in [-0.2, 0) is 0 Å². The molecule has 0 aliphatic rings. The van der Waals surface area contributed by atoms with Crippen LogP contribution in [0.4, 0.5) is 5.82 Å². The molecule has 1 rings (SSSR count). The molecular formula is C8H11N3. The second-order valence-electron chi connectivity index (χ2n) is 2.79. The van der Waals surface area contributed by atoms with E-state index in [1.807, 2.05) is 20.8 Å². The number of hydrogen-bond acceptors (Lipinski definition) is 1. The molecule has 0 atom stereocenters. The van der Waals surface area contributed by atoms with Crippen molar-refractivity contribution in [1.82, 2.24) is 9.78 Å². The van der Waals surface area contributed by atoms with Gasteiger partial charge in [-0.05, 0) is 26.8 Å². The number of aromatic nitrogens is 2. The Morgan fingerprint density at radius 1 is 1.64 bits per heavy atom. The van der Waals surface area contributed by atoms with Crippen LogP contribution in [0.5, 0.6) is 0 Å². The third-order valence-electron chi connectivity index (χ3n) is 1.44. The van der Waals surface area contributed by atoms with Crippen LogP contribution in [0.15, 0.2) is 6.07 Å². The predicted octanol–water partition coefficient (Wildman–Crippen LogP) is 2.32. The van der Waals surface area contributed by atoms with Gasteiger partial charge in [0.25, 0.3) is 5.82 Å². The summed E-state index contributed by atoms with van der Waals surface area (Å²) in [6.45, 7) is 12.8. The molecule has 1 heterocycles. The molecule has 0 unspecified atom stereocenters. The quantitative estimate of drug-likeness (QED) is 0.562. The summed E-state index contributed by atoms with van der Waals surface area (Å²) in [6.07, 6.45) is 0. The zero-order valence-electron chi connectivity index (χ0n) is 7.00. The van der Waals surface area contributed by atoms with E-state index < -0.39 is 0 Å². The standard InChI is InChI=1S/C8H11N3/c1-6(2)11-8(9-4)5-7(3)10-11/h5-6H,1-3H3. The maximum absolute atomic E-state index is 6.86. The van der Waals surface area contributed by atoms with E-state index >= 15 is 0 Å². The van der Waals surface area contributed by atoms with Gasteiger partial charge in [0.05, 0.1) is 5.69 Å². The van der Waals surface area contributed by atoms with E-state index in [2.05, 4.69) is 9.94 Å². The summed E-state index contributed by atoms with van der Waals surface area (Å²) < 4.78 is 1.74. The van der Waals surface area contributed by atoms with Crippen molar-refractivity contribution in [2.45, 2.75) is 26.8 Å². The highest BCUT2D eigenvalue weighted by Gasteiger charge is 2.08. The SMILES string of the molecule is [C-]#[N+]c1cc(C)nn1C(C)C. The van der Waals surface area contributed by atoms with E-state index in [0.717, 1.165) is 5.69 Å². The smallest absolute Gasteiger partial charge is 0.252 e. The third kappa shape index (κ3) is 1.40. The maximum atomic E-state index is 6.86. The van der Waals surface area contributed by atoms with Gasteiger partial charge in [0.2, 0.25) is 0 Å². The molecule has 1 aromatic rings. The first kappa shape index (κ1) is 7.80. The summed E-state index contributed by atoms with van der Waals surface area (Å²) in [4.78, 5) is 3.36. The molecule has 0 bridgehead atoms.